The molecule has 26 heavy (non-hydrogen) atoms. The Balaban J connectivity index is 1.58. The predicted octanol–water partition coefficient (Wildman–Crippen LogP) is 3.40. The summed E-state index contributed by atoms with van der Waals surface area (Å²) in [6.45, 7) is 2.73. The van der Waals surface area contributed by atoms with Crippen LogP contribution in [0.5, 0.6) is 0 Å². The highest BCUT2D eigenvalue weighted by Crippen LogP contribution is 2.31. The van der Waals surface area contributed by atoms with Gasteiger partial charge in [-0.25, -0.2) is 4.68 Å². The zero-order chi connectivity index (χ0) is 18.1. The Morgan fingerprint density at radius 3 is 2.96 bits per heavy atom. The average molecular weight is 393 g/mol. The number of nitrogens with zero attached hydrogens (tertiary/aromatic N) is 2. The van der Waals surface area contributed by atoms with Gasteiger partial charge in [-0.3, -0.25) is 4.79 Å². The van der Waals surface area contributed by atoms with Crippen molar-refractivity contribution in [2.45, 2.75) is 32.1 Å². The fourth-order valence-corrected chi connectivity index (χ4v) is 4.38. The molecule has 2 aliphatic rings. The Bertz CT molecular complexity index is 827. The third-order valence-electron chi connectivity index (χ3n) is 5.23. The molecule has 1 aromatic heterocycles. The van der Waals surface area contributed by atoms with Crippen LogP contribution in [0.2, 0.25) is 10.0 Å². The Morgan fingerprint density at radius 2 is 2.19 bits per heavy atom. The molecular formula is C19H22Cl2N4O. The van der Waals surface area contributed by atoms with Crippen LogP contribution >= 0.6 is 23.2 Å². The van der Waals surface area contributed by atoms with Crippen molar-refractivity contribution in [2.75, 3.05) is 19.6 Å². The first-order valence-corrected chi connectivity index (χ1v) is 9.94. The third kappa shape index (κ3) is 3.48. The smallest absolute Gasteiger partial charge is 0.272 e. The van der Waals surface area contributed by atoms with Crippen LogP contribution in [0, 0.1) is 5.92 Å². The summed E-state index contributed by atoms with van der Waals surface area (Å²) in [5, 5.41) is 12.2. The van der Waals surface area contributed by atoms with E-state index in [-0.39, 0.29) is 5.91 Å². The molecule has 1 aromatic carbocycles. The second-order valence-electron chi connectivity index (χ2n) is 7.06. The molecule has 1 fully saturated rings. The quantitative estimate of drug-likeness (QED) is 0.837. The molecule has 2 aromatic rings. The first-order valence-electron chi connectivity index (χ1n) is 9.18. The summed E-state index contributed by atoms with van der Waals surface area (Å²) in [7, 11) is 0. The minimum absolute atomic E-state index is 0.0856. The van der Waals surface area contributed by atoms with Crippen molar-refractivity contribution < 1.29 is 4.79 Å². The van der Waals surface area contributed by atoms with E-state index < -0.39 is 0 Å². The molecule has 138 valence electrons. The number of carbonyl (C=O) groups is 1. The summed E-state index contributed by atoms with van der Waals surface area (Å²) in [6.07, 6.45) is 5.14. The van der Waals surface area contributed by atoms with Gasteiger partial charge in [0.2, 0.25) is 0 Å². The molecule has 0 saturated carbocycles. The van der Waals surface area contributed by atoms with Gasteiger partial charge in [-0.1, -0.05) is 23.2 Å². The molecule has 4 rings (SSSR count). The maximum atomic E-state index is 12.8. The van der Waals surface area contributed by atoms with Crippen LogP contribution < -0.4 is 10.6 Å². The van der Waals surface area contributed by atoms with Crippen molar-refractivity contribution in [2.24, 2.45) is 5.92 Å². The molecule has 0 bridgehead atoms. The van der Waals surface area contributed by atoms with Crippen molar-refractivity contribution in [3.05, 3.63) is 45.2 Å². The lowest BCUT2D eigenvalue weighted by molar-refractivity contribution is 0.0938. The van der Waals surface area contributed by atoms with Gasteiger partial charge >= 0.3 is 0 Å². The normalized spacial score (nSPS) is 19.4. The molecule has 5 nitrogen and oxygen atoms in total. The van der Waals surface area contributed by atoms with E-state index in [4.69, 9.17) is 23.2 Å². The van der Waals surface area contributed by atoms with Gasteiger partial charge in [0.15, 0.2) is 5.69 Å². The molecule has 1 aliphatic carbocycles. The fourth-order valence-electron chi connectivity index (χ4n) is 3.89. The number of fused-ring (bicyclic) bond motifs is 1. The topological polar surface area (TPSA) is 59.0 Å². The number of benzene rings is 1. The van der Waals surface area contributed by atoms with Gasteiger partial charge in [0.1, 0.15) is 0 Å². The number of piperidine rings is 1. The lowest BCUT2D eigenvalue weighted by Crippen LogP contribution is -2.38. The first-order chi connectivity index (χ1) is 12.6. The van der Waals surface area contributed by atoms with Crippen LogP contribution in [-0.2, 0) is 12.8 Å². The molecule has 0 radical (unpaired) electrons. The zero-order valence-corrected chi connectivity index (χ0v) is 16.0. The minimum atomic E-state index is -0.0856. The standard InChI is InChI=1S/C19H22Cl2N4O/c20-13-6-7-17(15(21)9-13)25-16-5-1-4-14(16)18(24-25)19(26)23-11-12-3-2-8-22-10-12/h6-7,9,12,22H,1-5,8,10-11H2,(H,23,26). The summed E-state index contributed by atoms with van der Waals surface area (Å²) in [5.74, 6) is 0.408. The summed E-state index contributed by atoms with van der Waals surface area (Å²) in [4.78, 5) is 12.8. The van der Waals surface area contributed by atoms with Gasteiger partial charge < -0.3 is 10.6 Å². The van der Waals surface area contributed by atoms with Crippen LogP contribution in [0.25, 0.3) is 5.69 Å². The molecule has 0 spiro atoms. The van der Waals surface area contributed by atoms with E-state index in [1.807, 2.05) is 10.7 Å². The summed E-state index contributed by atoms with van der Waals surface area (Å²) in [5.41, 5.74) is 3.44. The van der Waals surface area contributed by atoms with E-state index in [2.05, 4.69) is 15.7 Å². The molecule has 1 saturated heterocycles. The average Bonchev–Trinajstić information content (AvgIpc) is 3.24. The van der Waals surface area contributed by atoms with Crippen molar-refractivity contribution in [3.8, 4) is 5.69 Å². The van der Waals surface area contributed by atoms with E-state index in [9.17, 15) is 4.79 Å². The molecule has 7 heteroatoms. The van der Waals surface area contributed by atoms with Crippen LogP contribution in [-0.4, -0.2) is 35.3 Å². The van der Waals surface area contributed by atoms with E-state index in [1.54, 1.807) is 12.1 Å². The largest absolute Gasteiger partial charge is 0.350 e. The monoisotopic (exact) mass is 392 g/mol. The lowest BCUT2D eigenvalue weighted by Gasteiger charge is -2.22. The molecule has 1 amide bonds. The molecular weight excluding hydrogens is 371 g/mol. The SMILES string of the molecule is O=C(NCC1CCCNC1)c1nn(-c2ccc(Cl)cc2Cl)c2c1CCC2. The number of aromatic nitrogens is 2. The summed E-state index contributed by atoms with van der Waals surface area (Å²) < 4.78 is 1.82. The Kier molecular flexibility index (Phi) is 5.20. The molecule has 2 N–H and O–H groups in total. The maximum Gasteiger partial charge on any atom is 0.272 e. The molecule has 1 aliphatic heterocycles. The van der Waals surface area contributed by atoms with Gasteiger partial charge in [-0.05, 0) is 69.3 Å². The van der Waals surface area contributed by atoms with E-state index >= 15 is 0 Å². The molecule has 1 atom stereocenters. The number of amides is 1. The van der Waals surface area contributed by atoms with Crippen LogP contribution in [0.15, 0.2) is 18.2 Å². The van der Waals surface area contributed by atoms with Gasteiger partial charge in [0.05, 0.1) is 10.7 Å². The number of hydrogen-bond donors (Lipinski definition) is 2. The summed E-state index contributed by atoms with van der Waals surface area (Å²) >= 11 is 12.4. The number of hydrogen-bond acceptors (Lipinski definition) is 3. The number of rotatable bonds is 4. The second kappa shape index (κ2) is 7.59. The maximum absolute atomic E-state index is 12.8. The number of nitrogens with one attached hydrogen (secondary N) is 2. The first kappa shape index (κ1) is 17.8. The van der Waals surface area contributed by atoms with Crippen molar-refractivity contribution >= 4 is 29.1 Å². The van der Waals surface area contributed by atoms with Crippen LogP contribution in [0.4, 0.5) is 0 Å². The fraction of sp³-hybridized carbons (Fsp3) is 0.474. The highest BCUT2D eigenvalue weighted by Gasteiger charge is 2.28. The third-order valence-corrected chi connectivity index (χ3v) is 5.77. The zero-order valence-electron chi connectivity index (χ0n) is 14.5. The molecule has 1 unspecified atom stereocenters. The summed E-state index contributed by atoms with van der Waals surface area (Å²) in [6, 6.07) is 5.35. The molecule has 2 heterocycles. The minimum Gasteiger partial charge on any atom is -0.350 e. The second-order valence-corrected chi connectivity index (χ2v) is 7.90. The van der Waals surface area contributed by atoms with Crippen molar-refractivity contribution in [3.63, 3.8) is 0 Å². The highest BCUT2D eigenvalue weighted by molar-refractivity contribution is 6.35. The van der Waals surface area contributed by atoms with E-state index in [0.29, 0.717) is 28.2 Å². The van der Waals surface area contributed by atoms with E-state index in [0.717, 1.165) is 55.7 Å². The predicted molar refractivity (Wildman–Crippen MR) is 104 cm³/mol. The Morgan fingerprint density at radius 1 is 1.31 bits per heavy atom. The van der Waals surface area contributed by atoms with Crippen LogP contribution in [0.1, 0.15) is 41.0 Å². The number of halogens is 2. The number of carbonyl (C=O) groups excluding carboxylic acids is 1. The Hall–Kier alpha value is -1.56. The van der Waals surface area contributed by atoms with Gasteiger partial charge in [0, 0.05) is 22.8 Å². The van der Waals surface area contributed by atoms with Gasteiger partial charge in [-0.2, -0.15) is 5.10 Å². The van der Waals surface area contributed by atoms with Crippen molar-refractivity contribution in [1.82, 2.24) is 20.4 Å². The lowest BCUT2D eigenvalue weighted by atomic mass is 10.00. The van der Waals surface area contributed by atoms with Gasteiger partial charge in [-0.15, -0.1) is 0 Å². The van der Waals surface area contributed by atoms with E-state index in [1.165, 1.54) is 6.42 Å². The van der Waals surface area contributed by atoms with Crippen LogP contribution in [0.3, 0.4) is 0 Å². The Labute approximate surface area is 163 Å². The van der Waals surface area contributed by atoms with Crippen molar-refractivity contribution in [1.29, 1.82) is 0 Å². The highest BCUT2D eigenvalue weighted by atomic mass is 35.5. The van der Waals surface area contributed by atoms with Gasteiger partial charge in [0.25, 0.3) is 5.91 Å².